The Morgan fingerprint density at radius 3 is 1.35 bits per heavy atom. The van der Waals surface area contributed by atoms with Gasteiger partial charge in [0.2, 0.25) is 0 Å². The maximum atomic E-state index is 2.51. The minimum absolute atomic E-state index is 0.0183. The van der Waals surface area contributed by atoms with Crippen LogP contribution in [0.1, 0.15) is 26.3 Å². The molecule has 0 saturated heterocycles. The Hall–Kier alpha value is -5.46. The second-order valence-electron chi connectivity index (χ2n) is 14.8. The zero-order valence-electron chi connectivity index (χ0n) is 29.0. The molecule has 0 bridgehead atoms. The number of rotatable bonds is 3. The van der Waals surface area contributed by atoms with E-state index in [0.717, 1.165) is 0 Å². The van der Waals surface area contributed by atoms with Crippen molar-refractivity contribution in [1.29, 1.82) is 0 Å². The standard InChI is InChI=1S/C50H36Se/c1-50(2,3)48-40-24-13-11-22-38(40)46(39-23-12-14-25-41(39)48)32-28-29-33-42-26-15-27-43(49(42)51-44(33)30-32)47-36-20-9-7-18-34(36)45(31-16-5-4-6-17-31)35-19-8-10-21-37(35)47/h4-30H,1-3H3. The third-order valence-corrected chi connectivity index (χ3v) is 13.3. The molecule has 0 saturated carbocycles. The van der Waals surface area contributed by atoms with E-state index in [1.807, 2.05) is 0 Å². The second-order valence-corrected chi connectivity index (χ2v) is 17.0. The molecule has 242 valence electrons. The number of fused-ring (bicyclic) bond motifs is 7. The first kappa shape index (κ1) is 30.4. The van der Waals surface area contributed by atoms with Crippen LogP contribution in [0, 0.1) is 0 Å². The van der Waals surface area contributed by atoms with Gasteiger partial charge in [-0.25, -0.2) is 0 Å². The predicted molar refractivity (Wildman–Crippen MR) is 223 cm³/mol. The number of benzene rings is 9. The first-order chi connectivity index (χ1) is 25.0. The van der Waals surface area contributed by atoms with Gasteiger partial charge in [-0.15, -0.1) is 0 Å². The van der Waals surface area contributed by atoms with E-state index < -0.39 is 0 Å². The Bertz CT molecular complexity index is 2880. The predicted octanol–water partition coefficient (Wildman–Crippen LogP) is 14.0. The van der Waals surface area contributed by atoms with Gasteiger partial charge in [0, 0.05) is 0 Å². The zero-order valence-corrected chi connectivity index (χ0v) is 30.7. The fourth-order valence-corrected chi connectivity index (χ4v) is 11.4. The van der Waals surface area contributed by atoms with Gasteiger partial charge in [0.25, 0.3) is 0 Å². The Morgan fingerprint density at radius 2 is 0.804 bits per heavy atom. The van der Waals surface area contributed by atoms with Crippen molar-refractivity contribution < 1.29 is 0 Å². The van der Waals surface area contributed by atoms with E-state index in [1.54, 1.807) is 0 Å². The molecule has 0 spiro atoms. The molecule has 0 radical (unpaired) electrons. The molecule has 10 rings (SSSR count). The summed E-state index contributed by atoms with van der Waals surface area (Å²) in [6.07, 6.45) is 0. The van der Waals surface area contributed by atoms with Crippen LogP contribution in [0.3, 0.4) is 0 Å². The van der Waals surface area contributed by atoms with Crippen molar-refractivity contribution in [2.24, 2.45) is 0 Å². The van der Waals surface area contributed by atoms with Crippen LogP contribution in [-0.2, 0) is 5.41 Å². The Morgan fingerprint density at radius 1 is 0.353 bits per heavy atom. The van der Waals surface area contributed by atoms with Crippen LogP contribution in [0.25, 0.3) is 95.8 Å². The maximum absolute atomic E-state index is 2.51. The van der Waals surface area contributed by atoms with Crippen molar-refractivity contribution in [3.63, 3.8) is 0 Å². The molecule has 0 N–H and O–H groups in total. The van der Waals surface area contributed by atoms with E-state index in [0.29, 0.717) is 0 Å². The van der Waals surface area contributed by atoms with Crippen LogP contribution in [0.2, 0.25) is 0 Å². The number of hydrogen-bond donors (Lipinski definition) is 0. The van der Waals surface area contributed by atoms with Crippen LogP contribution in [-0.4, -0.2) is 14.5 Å². The quantitative estimate of drug-likeness (QED) is 0.126. The van der Waals surface area contributed by atoms with Crippen molar-refractivity contribution in [3.8, 4) is 33.4 Å². The molecular weight excluding hydrogens is 680 g/mol. The molecule has 1 heterocycles. The molecule has 1 aromatic heterocycles. The van der Waals surface area contributed by atoms with Gasteiger partial charge in [-0.2, -0.15) is 0 Å². The molecule has 0 unspecified atom stereocenters. The van der Waals surface area contributed by atoms with E-state index in [9.17, 15) is 0 Å². The molecule has 10 aromatic rings. The molecule has 0 aliphatic heterocycles. The summed E-state index contributed by atoms with van der Waals surface area (Å²) in [5.74, 6) is 0. The van der Waals surface area contributed by atoms with Crippen molar-refractivity contribution in [2.75, 3.05) is 0 Å². The average Bonchev–Trinajstić information content (AvgIpc) is 3.54. The molecule has 0 atom stereocenters. The summed E-state index contributed by atoms with van der Waals surface area (Å²) in [4.78, 5) is 0. The summed E-state index contributed by atoms with van der Waals surface area (Å²) in [5.41, 5.74) is 9.38. The molecule has 0 fully saturated rings. The van der Waals surface area contributed by atoms with E-state index >= 15 is 0 Å². The summed E-state index contributed by atoms with van der Waals surface area (Å²) in [7, 11) is 0. The van der Waals surface area contributed by atoms with Crippen LogP contribution in [0.4, 0.5) is 0 Å². The first-order valence-corrected chi connectivity index (χ1v) is 19.6. The van der Waals surface area contributed by atoms with Gasteiger partial charge in [0.1, 0.15) is 0 Å². The normalized spacial score (nSPS) is 12.2. The van der Waals surface area contributed by atoms with Crippen LogP contribution in [0.5, 0.6) is 0 Å². The molecule has 0 aliphatic rings. The van der Waals surface area contributed by atoms with Crippen molar-refractivity contribution in [1.82, 2.24) is 0 Å². The zero-order chi connectivity index (χ0) is 34.3. The molecule has 0 nitrogen and oxygen atoms in total. The topological polar surface area (TPSA) is 0 Å². The van der Waals surface area contributed by atoms with Gasteiger partial charge in [-0.3, -0.25) is 0 Å². The van der Waals surface area contributed by atoms with Crippen molar-refractivity contribution in [3.05, 3.63) is 169 Å². The Labute approximate surface area is 304 Å². The summed E-state index contributed by atoms with van der Waals surface area (Å²) >= 11 is 0.147. The molecule has 1 heteroatoms. The van der Waals surface area contributed by atoms with E-state index in [1.165, 1.54) is 101 Å². The van der Waals surface area contributed by atoms with Crippen LogP contribution in [0.15, 0.2) is 164 Å². The third kappa shape index (κ3) is 4.66. The fraction of sp³-hybridized carbons (Fsp3) is 0.0800. The molecule has 0 amide bonds. The van der Waals surface area contributed by atoms with Gasteiger partial charge in [-0.1, -0.05) is 0 Å². The van der Waals surface area contributed by atoms with Crippen molar-refractivity contribution >= 4 is 76.9 Å². The molecule has 9 aromatic carbocycles. The SMILES string of the molecule is CC(C)(C)c1c2ccccc2c(-c2ccc3c(c2)[se]c2c(-c4c5ccccc5c(-c5ccccc5)c5ccccc45)cccc23)c2ccccc12. The Kier molecular flexibility index (Phi) is 6.87. The van der Waals surface area contributed by atoms with Crippen LogP contribution < -0.4 is 0 Å². The van der Waals surface area contributed by atoms with Gasteiger partial charge in [-0.05, 0) is 0 Å². The van der Waals surface area contributed by atoms with E-state index in [-0.39, 0.29) is 19.9 Å². The second kappa shape index (κ2) is 11.5. The van der Waals surface area contributed by atoms with Gasteiger partial charge in [0.05, 0.1) is 0 Å². The third-order valence-electron chi connectivity index (χ3n) is 10.7. The fourth-order valence-electron chi connectivity index (χ4n) is 8.73. The monoisotopic (exact) mass is 716 g/mol. The number of hydrogen-bond acceptors (Lipinski definition) is 0. The van der Waals surface area contributed by atoms with Gasteiger partial charge in [0.15, 0.2) is 0 Å². The summed E-state index contributed by atoms with van der Waals surface area (Å²) in [6, 6.07) is 61.3. The summed E-state index contributed by atoms with van der Waals surface area (Å²) in [5, 5.41) is 13.4. The summed E-state index contributed by atoms with van der Waals surface area (Å²) < 4.78 is 2.95. The minimum atomic E-state index is 0.0183. The molecular formula is C50H36Se. The van der Waals surface area contributed by atoms with E-state index in [4.69, 9.17) is 0 Å². The van der Waals surface area contributed by atoms with Crippen molar-refractivity contribution in [2.45, 2.75) is 26.2 Å². The molecule has 0 aliphatic carbocycles. The first-order valence-electron chi connectivity index (χ1n) is 17.9. The molecule has 51 heavy (non-hydrogen) atoms. The summed E-state index contributed by atoms with van der Waals surface area (Å²) in [6.45, 7) is 7.03. The Balaban J connectivity index is 1.25. The van der Waals surface area contributed by atoms with Gasteiger partial charge < -0.3 is 0 Å². The average molecular weight is 716 g/mol. The van der Waals surface area contributed by atoms with Crippen LogP contribution >= 0.6 is 0 Å². The van der Waals surface area contributed by atoms with Gasteiger partial charge >= 0.3 is 306 Å². The van der Waals surface area contributed by atoms with E-state index in [2.05, 4.69) is 185 Å².